The van der Waals surface area contributed by atoms with Crippen molar-refractivity contribution in [1.82, 2.24) is 4.98 Å². The average molecular weight is 225 g/mol. The van der Waals surface area contributed by atoms with Crippen LogP contribution >= 0.6 is 0 Å². The Morgan fingerprint density at radius 1 is 1.38 bits per heavy atom. The minimum Gasteiger partial charge on any atom is -0.475 e. The summed E-state index contributed by atoms with van der Waals surface area (Å²) in [6.45, 7) is 3.04. The van der Waals surface area contributed by atoms with Gasteiger partial charge in [0.15, 0.2) is 0 Å². The zero-order valence-electron chi connectivity index (χ0n) is 9.43. The molecule has 0 saturated carbocycles. The molecule has 1 rings (SSSR count). The van der Waals surface area contributed by atoms with Crippen molar-refractivity contribution < 1.29 is 19.0 Å². The normalized spacial score (nSPS) is 9.88. The number of carbonyl (C=O) groups excluding carboxylic acids is 1. The molecule has 5 nitrogen and oxygen atoms in total. The van der Waals surface area contributed by atoms with Crippen LogP contribution in [-0.4, -0.2) is 37.9 Å². The quantitative estimate of drug-likeness (QED) is 0.539. The first kappa shape index (κ1) is 12.4. The second-order valence-electron chi connectivity index (χ2n) is 2.95. The van der Waals surface area contributed by atoms with E-state index < -0.39 is 0 Å². The van der Waals surface area contributed by atoms with E-state index in [4.69, 9.17) is 14.2 Å². The van der Waals surface area contributed by atoms with Gasteiger partial charge in [0.2, 0.25) is 5.88 Å². The Balaban J connectivity index is 2.50. The first-order valence-corrected chi connectivity index (χ1v) is 5.02. The summed E-state index contributed by atoms with van der Waals surface area (Å²) < 4.78 is 14.9. The molecule has 0 fully saturated rings. The van der Waals surface area contributed by atoms with Crippen molar-refractivity contribution in [3.8, 4) is 5.88 Å². The molecule has 0 aliphatic carbocycles. The van der Waals surface area contributed by atoms with Gasteiger partial charge in [-0.3, -0.25) is 0 Å². The van der Waals surface area contributed by atoms with Gasteiger partial charge in [0.05, 0.1) is 18.8 Å². The third-order valence-corrected chi connectivity index (χ3v) is 1.78. The molecule has 0 aliphatic rings. The Kier molecular flexibility index (Phi) is 5.28. The Hall–Kier alpha value is -1.62. The third kappa shape index (κ3) is 3.86. The highest BCUT2D eigenvalue weighted by molar-refractivity contribution is 5.89. The SMILES string of the molecule is CCOC(=O)c1ccc(OCCOC)nc1. The molecule has 0 unspecified atom stereocenters. The molecule has 1 heterocycles. The molecule has 5 heteroatoms. The molecular weight excluding hydrogens is 210 g/mol. The van der Waals surface area contributed by atoms with E-state index in [1.165, 1.54) is 6.20 Å². The maximum absolute atomic E-state index is 11.3. The van der Waals surface area contributed by atoms with E-state index in [1.807, 2.05) is 0 Å². The van der Waals surface area contributed by atoms with E-state index >= 15 is 0 Å². The number of carbonyl (C=O) groups is 1. The lowest BCUT2D eigenvalue weighted by Gasteiger charge is -2.05. The lowest BCUT2D eigenvalue weighted by atomic mass is 10.3. The number of ether oxygens (including phenoxy) is 3. The van der Waals surface area contributed by atoms with Crippen LogP contribution in [0.2, 0.25) is 0 Å². The topological polar surface area (TPSA) is 57.7 Å². The van der Waals surface area contributed by atoms with Gasteiger partial charge in [-0.05, 0) is 13.0 Å². The molecule has 0 N–H and O–H groups in total. The number of hydrogen-bond donors (Lipinski definition) is 0. The van der Waals surface area contributed by atoms with Crippen LogP contribution in [0, 0.1) is 0 Å². The maximum Gasteiger partial charge on any atom is 0.339 e. The molecule has 16 heavy (non-hydrogen) atoms. The number of rotatable bonds is 6. The number of methoxy groups -OCH3 is 1. The summed E-state index contributed by atoms with van der Waals surface area (Å²) in [7, 11) is 1.60. The molecule has 0 aromatic carbocycles. The van der Waals surface area contributed by atoms with Gasteiger partial charge >= 0.3 is 5.97 Å². The van der Waals surface area contributed by atoms with Crippen molar-refractivity contribution in [3.63, 3.8) is 0 Å². The molecule has 88 valence electrons. The van der Waals surface area contributed by atoms with Gasteiger partial charge in [0.25, 0.3) is 0 Å². The summed E-state index contributed by atoms with van der Waals surface area (Å²) in [6, 6.07) is 3.25. The second-order valence-corrected chi connectivity index (χ2v) is 2.95. The van der Waals surface area contributed by atoms with Crippen LogP contribution in [0.4, 0.5) is 0 Å². The minimum absolute atomic E-state index is 0.352. The lowest BCUT2D eigenvalue weighted by molar-refractivity contribution is 0.0525. The lowest BCUT2D eigenvalue weighted by Crippen LogP contribution is -2.07. The van der Waals surface area contributed by atoms with Crippen LogP contribution in [0.5, 0.6) is 5.88 Å². The van der Waals surface area contributed by atoms with Gasteiger partial charge in [0, 0.05) is 19.4 Å². The Bertz CT molecular complexity index is 323. The Labute approximate surface area is 94.3 Å². The predicted octanol–water partition coefficient (Wildman–Crippen LogP) is 1.28. The number of esters is 1. The van der Waals surface area contributed by atoms with Gasteiger partial charge in [-0.15, -0.1) is 0 Å². The molecule has 0 saturated heterocycles. The van der Waals surface area contributed by atoms with Crippen LogP contribution in [0.15, 0.2) is 18.3 Å². The largest absolute Gasteiger partial charge is 0.475 e. The van der Waals surface area contributed by atoms with Crippen molar-refractivity contribution >= 4 is 5.97 Å². The molecule has 1 aromatic rings. The first-order valence-electron chi connectivity index (χ1n) is 5.02. The zero-order chi connectivity index (χ0) is 11.8. The Morgan fingerprint density at radius 2 is 2.19 bits per heavy atom. The number of nitrogens with zero attached hydrogens (tertiary/aromatic N) is 1. The summed E-state index contributed by atoms with van der Waals surface area (Å²) in [4.78, 5) is 15.3. The Morgan fingerprint density at radius 3 is 2.75 bits per heavy atom. The van der Waals surface area contributed by atoms with Crippen LogP contribution in [0.3, 0.4) is 0 Å². The monoisotopic (exact) mass is 225 g/mol. The van der Waals surface area contributed by atoms with Gasteiger partial charge < -0.3 is 14.2 Å². The first-order chi connectivity index (χ1) is 7.77. The molecule has 0 aliphatic heterocycles. The van der Waals surface area contributed by atoms with Crippen molar-refractivity contribution in [1.29, 1.82) is 0 Å². The van der Waals surface area contributed by atoms with E-state index in [0.717, 1.165) is 0 Å². The van der Waals surface area contributed by atoms with Gasteiger partial charge in [-0.1, -0.05) is 0 Å². The smallest absolute Gasteiger partial charge is 0.339 e. The highest BCUT2D eigenvalue weighted by Crippen LogP contribution is 2.08. The van der Waals surface area contributed by atoms with E-state index in [2.05, 4.69) is 4.98 Å². The highest BCUT2D eigenvalue weighted by Gasteiger charge is 2.06. The fourth-order valence-electron chi connectivity index (χ4n) is 1.03. The second kappa shape index (κ2) is 6.79. The standard InChI is InChI=1S/C11H15NO4/c1-3-15-11(13)9-4-5-10(12-8-9)16-7-6-14-2/h4-5,8H,3,6-7H2,1-2H3. The van der Waals surface area contributed by atoms with Crippen molar-refractivity contribution in [2.45, 2.75) is 6.92 Å². The molecule has 0 atom stereocenters. The van der Waals surface area contributed by atoms with Crippen LogP contribution in [0.1, 0.15) is 17.3 Å². The molecule has 0 radical (unpaired) electrons. The molecule has 0 spiro atoms. The fraction of sp³-hybridized carbons (Fsp3) is 0.455. The third-order valence-electron chi connectivity index (χ3n) is 1.78. The average Bonchev–Trinajstić information content (AvgIpc) is 2.30. The van der Waals surface area contributed by atoms with Gasteiger partial charge in [-0.2, -0.15) is 0 Å². The van der Waals surface area contributed by atoms with Crippen LogP contribution < -0.4 is 4.74 Å². The summed E-state index contributed by atoms with van der Waals surface area (Å²) in [5.41, 5.74) is 0.418. The van der Waals surface area contributed by atoms with Crippen molar-refractivity contribution in [2.24, 2.45) is 0 Å². The van der Waals surface area contributed by atoms with Crippen molar-refractivity contribution in [2.75, 3.05) is 26.9 Å². The fourth-order valence-corrected chi connectivity index (χ4v) is 1.03. The summed E-state index contributed by atoms with van der Waals surface area (Å²) in [5, 5.41) is 0. The summed E-state index contributed by atoms with van der Waals surface area (Å²) in [6.07, 6.45) is 1.43. The van der Waals surface area contributed by atoms with E-state index in [0.29, 0.717) is 31.3 Å². The van der Waals surface area contributed by atoms with E-state index in [-0.39, 0.29) is 5.97 Å². The van der Waals surface area contributed by atoms with E-state index in [9.17, 15) is 4.79 Å². The van der Waals surface area contributed by atoms with Gasteiger partial charge in [0.1, 0.15) is 6.61 Å². The zero-order valence-corrected chi connectivity index (χ0v) is 9.43. The van der Waals surface area contributed by atoms with Crippen molar-refractivity contribution in [3.05, 3.63) is 23.9 Å². The van der Waals surface area contributed by atoms with Gasteiger partial charge in [-0.25, -0.2) is 9.78 Å². The molecule has 0 amide bonds. The predicted molar refractivity (Wildman–Crippen MR) is 57.6 cm³/mol. The summed E-state index contributed by atoms with van der Waals surface area (Å²) in [5.74, 6) is 0.0866. The maximum atomic E-state index is 11.3. The van der Waals surface area contributed by atoms with E-state index in [1.54, 1.807) is 26.2 Å². The number of hydrogen-bond acceptors (Lipinski definition) is 5. The number of aromatic nitrogens is 1. The summed E-state index contributed by atoms with van der Waals surface area (Å²) >= 11 is 0. The molecular formula is C11H15NO4. The highest BCUT2D eigenvalue weighted by atomic mass is 16.5. The molecule has 0 bridgehead atoms. The van der Waals surface area contributed by atoms with Crippen LogP contribution in [0.25, 0.3) is 0 Å². The number of pyridine rings is 1. The van der Waals surface area contributed by atoms with Crippen LogP contribution in [-0.2, 0) is 9.47 Å². The molecule has 1 aromatic heterocycles. The minimum atomic E-state index is -0.376.